The van der Waals surface area contributed by atoms with Crippen LogP contribution in [0.15, 0.2) is 36.4 Å². The molecule has 0 radical (unpaired) electrons. The highest BCUT2D eigenvalue weighted by molar-refractivity contribution is 5.91. The molecule has 0 saturated heterocycles. The van der Waals surface area contributed by atoms with Crippen LogP contribution in [-0.4, -0.2) is 6.61 Å². The molecule has 0 spiro atoms. The van der Waals surface area contributed by atoms with E-state index in [-0.39, 0.29) is 6.10 Å². The van der Waals surface area contributed by atoms with Crippen LogP contribution >= 0.6 is 0 Å². The molecule has 0 aromatic heterocycles. The lowest BCUT2D eigenvalue weighted by atomic mass is 10.1. The van der Waals surface area contributed by atoms with Crippen molar-refractivity contribution in [3.05, 3.63) is 47.5 Å². The van der Waals surface area contributed by atoms with Crippen molar-refractivity contribution in [2.75, 3.05) is 6.61 Å². The second-order valence-corrected chi connectivity index (χ2v) is 5.28. The van der Waals surface area contributed by atoms with Crippen molar-refractivity contribution >= 4 is 10.8 Å². The number of ether oxygens (including phenoxy) is 1. The Balaban J connectivity index is 1.98. The molecular formula is C16H18O. The van der Waals surface area contributed by atoms with Gasteiger partial charge in [-0.25, -0.2) is 0 Å². The molecule has 1 aliphatic rings. The zero-order chi connectivity index (χ0) is 11.8. The molecule has 0 fully saturated rings. The van der Waals surface area contributed by atoms with Crippen molar-refractivity contribution in [2.24, 2.45) is 5.92 Å². The van der Waals surface area contributed by atoms with Crippen LogP contribution in [0.2, 0.25) is 0 Å². The summed E-state index contributed by atoms with van der Waals surface area (Å²) in [4.78, 5) is 0. The van der Waals surface area contributed by atoms with Crippen molar-refractivity contribution in [1.29, 1.82) is 0 Å². The molecule has 2 aromatic carbocycles. The third-order valence-electron chi connectivity index (χ3n) is 3.41. The number of benzene rings is 2. The van der Waals surface area contributed by atoms with Crippen molar-refractivity contribution in [3.63, 3.8) is 0 Å². The highest BCUT2D eigenvalue weighted by atomic mass is 16.5. The fourth-order valence-corrected chi connectivity index (χ4v) is 2.66. The second kappa shape index (κ2) is 4.15. The average molecular weight is 226 g/mol. The van der Waals surface area contributed by atoms with Gasteiger partial charge in [0.25, 0.3) is 0 Å². The minimum Gasteiger partial charge on any atom is -0.373 e. The van der Waals surface area contributed by atoms with E-state index in [2.05, 4.69) is 50.2 Å². The van der Waals surface area contributed by atoms with Gasteiger partial charge in [-0.15, -0.1) is 0 Å². The number of hydrogen-bond donors (Lipinski definition) is 0. The molecule has 1 nitrogen and oxygen atoms in total. The van der Waals surface area contributed by atoms with Gasteiger partial charge in [0.05, 0.1) is 6.10 Å². The zero-order valence-electron chi connectivity index (χ0n) is 10.4. The van der Waals surface area contributed by atoms with Crippen LogP contribution in [0.3, 0.4) is 0 Å². The van der Waals surface area contributed by atoms with E-state index in [1.54, 1.807) is 0 Å². The highest BCUT2D eigenvalue weighted by Crippen LogP contribution is 2.38. The molecule has 0 amide bonds. The maximum atomic E-state index is 6.04. The molecule has 1 atom stereocenters. The van der Waals surface area contributed by atoms with Crippen LogP contribution in [0.1, 0.15) is 31.1 Å². The van der Waals surface area contributed by atoms with Crippen LogP contribution < -0.4 is 0 Å². The summed E-state index contributed by atoms with van der Waals surface area (Å²) in [6, 6.07) is 13.1. The Hall–Kier alpha value is -1.34. The Bertz CT molecular complexity index is 537. The van der Waals surface area contributed by atoms with E-state index < -0.39 is 0 Å². The maximum absolute atomic E-state index is 6.04. The fourth-order valence-electron chi connectivity index (χ4n) is 2.66. The minimum atomic E-state index is 0.262. The van der Waals surface area contributed by atoms with E-state index in [1.807, 2.05) is 0 Å². The van der Waals surface area contributed by atoms with Crippen molar-refractivity contribution in [1.82, 2.24) is 0 Å². The second-order valence-electron chi connectivity index (χ2n) is 5.28. The molecule has 0 aliphatic heterocycles. The predicted molar refractivity (Wildman–Crippen MR) is 71.2 cm³/mol. The fraction of sp³-hybridized carbons (Fsp3) is 0.375. The summed E-state index contributed by atoms with van der Waals surface area (Å²) in [6.07, 6.45) is 1.29. The van der Waals surface area contributed by atoms with Crippen molar-refractivity contribution < 1.29 is 4.74 Å². The van der Waals surface area contributed by atoms with Gasteiger partial charge in [-0.3, -0.25) is 0 Å². The summed E-state index contributed by atoms with van der Waals surface area (Å²) in [7, 11) is 0. The SMILES string of the molecule is CC(C)COC1Cc2cccc3cccc1c23. The van der Waals surface area contributed by atoms with Crippen molar-refractivity contribution in [2.45, 2.75) is 26.4 Å². The van der Waals surface area contributed by atoms with Gasteiger partial charge < -0.3 is 4.74 Å². The van der Waals surface area contributed by atoms with E-state index in [0.29, 0.717) is 5.92 Å². The normalized spacial score (nSPS) is 18.2. The van der Waals surface area contributed by atoms with Gasteiger partial charge in [0.15, 0.2) is 0 Å². The van der Waals surface area contributed by atoms with Gasteiger partial charge in [0.2, 0.25) is 0 Å². The predicted octanol–water partition coefficient (Wildman–Crippen LogP) is 4.11. The van der Waals surface area contributed by atoms with E-state index in [9.17, 15) is 0 Å². The van der Waals surface area contributed by atoms with E-state index in [0.717, 1.165) is 13.0 Å². The molecule has 88 valence electrons. The molecular weight excluding hydrogens is 208 g/mol. The van der Waals surface area contributed by atoms with E-state index in [4.69, 9.17) is 4.74 Å². The first-order chi connectivity index (χ1) is 8.25. The van der Waals surface area contributed by atoms with Gasteiger partial charge in [-0.05, 0) is 27.8 Å². The molecule has 3 rings (SSSR count). The standard InChI is InChI=1S/C16H18O/c1-11(2)10-17-15-9-13-7-3-5-12-6-4-8-14(15)16(12)13/h3-8,11,15H,9-10H2,1-2H3. The van der Waals surface area contributed by atoms with Gasteiger partial charge in [0.1, 0.15) is 0 Å². The molecule has 0 saturated carbocycles. The first-order valence-electron chi connectivity index (χ1n) is 6.38. The Morgan fingerprint density at radius 1 is 1.18 bits per heavy atom. The smallest absolute Gasteiger partial charge is 0.0871 e. The average Bonchev–Trinajstić information content (AvgIpc) is 2.68. The van der Waals surface area contributed by atoms with Crippen LogP contribution in [0.4, 0.5) is 0 Å². The van der Waals surface area contributed by atoms with Gasteiger partial charge in [0, 0.05) is 13.0 Å². The third kappa shape index (κ3) is 1.85. The van der Waals surface area contributed by atoms with Crippen LogP contribution in [-0.2, 0) is 11.2 Å². The Morgan fingerprint density at radius 2 is 1.94 bits per heavy atom. The summed E-state index contributed by atoms with van der Waals surface area (Å²) in [5, 5.41) is 2.76. The quantitative estimate of drug-likeness (QED) is 0.765. The van der Waals surface area contributed by atoms with Crippen LogP contribution in [0.25, 0.3) is 10.8 Å². The first-order valence-corrected chi connectivity index (χ1v) is 6.38. The molecule has 0 heterocycles. The highest BCUT2D eigenvalue weighted by Gasteiger charge is 2.24. The molecule has 0 bridgehead atoms. The summed E-state index contributed by atoms with van der Waals surface area (Å²) in [6.45, 7) is 5.24. The molecule has 2 aromatic rings. The Morgan fingerprint density at radius 3 is 2.71 bits per heavy atom. The molecule has 17 heavy (non-hydrogen) atoms. The van der Waals surface area contributed by atoms with Crippen molar-refractivity contribution in [3.8, 4) is 0 Å². The van der Waals surface area contributed by atoms with Gasteiger partial charge in [-0.1, -0.05) is 50.2 Å². The number of rotatable bonds is 3. The van der Waals surface area contributed by atoms with E-state index in [1.165, 1.54) is 21.9 Å². The Labute approximate surface area is 102 Å². The minimum absolute atomic E-state index is 0.262. The lowest BCUT2D eigenvalue weighted by Gasteiger charge is -2.15. The van der Waals surface area contributed by atoms with Crippen LogP contribution in [0.5, 0.6) is 0 Å². The molecule has 1 heteroatoms. The van der Waals surface area contributed by atoms with E-state index >= 15 is 0 Å². The summed E-state index contributed by atoms with van der Waals surface area (Å²) in [5.74, 6) is 0.595. The number of hydrogen-bond acceptors (Lipinski definition) is 1. The Kier molecular flexibility index (Phi) is 2.64. The first kappa shape index (κ1) is 10.8. The molecule has 0 N–H and O–H groups in total. The third-order valence-corrected chi connectivity index (χ3v) is 3.41. The largest absolute Gasteiger partial charge is 0.373 e. The van der Waals surface area contributed by atoms with Gasteiger partial charge in [-0.2, -0.15) is 0 Å². The summed E-state index contributed by atoms with van der Waals surface area (Å²) < 4.78 is 6.04. The lowest BCUT2D eigenvalue weighted by molar-refractivity contribution is 0.0391. The molecule has 1 aliphatic carbocycles. The molecule has 1 unspecified atom stereocenters. The summed E-state index contributed by atoms with van der Waals surface area (Å²) >= 11 is 0. The van der Waals surface area contributed by atoms with Gasteiger partial charge >= 0.3 is 0 Å². The monoisotopic (exact) mass is 226 g/mol. The zero-order valence-corrected chi connectivity index (χ0v) is 10.4. The lowest BCUT2D eigenvalue weighted by Crippen LogP contribution is -2.08. The topological polar surface area (TPSA) is 9.23 Å². The van der Waals surface area contributed by atoms with Crippen LogP contribution in [0, 0.1) is 5.92 Å². The maximum Gasteiger partial charge on any atom is 0.0871 e. The summed E-state index contributed by atoms with van der Waals surface area (Å²) in [5.41, 5.74) is 2.81.